The van der Waals surface area contributed by atoms with E-state index in [0.29, 0.717) is 12.3 Å². The standard InChI is InChI=1S/C13H20N2O/c1-2-15-12(8-9-14-15)13(16)10-11-6-4-3-5-7-11/h8-9,11H,2-7,10H2,1H3. The van der Waals surface area contributed by atoms with E-state index in [2.05, 4.69) is 5.10 Å². The Morgan fingerprint density at radius 2 is 2.19 bits per heavy atom. The lowest BCUT2D eigenvalue weighted by atomic mass is 9.85. The molecule has 16 heavy (non-hydrogen) atoms. The lowest BCUT2D eigenvalue weighted by molar-refractivity contribution is 0.0939. The quantitative estimate of drug-likeness (QED) is 0.731. The second-order valence-corrected chi connectivity index (χ2v) is 4.66. The van der Waals surface area contributed by atoms with Crippen LogP contribution in [0.1, 0.15) is 55.9 Å². The molecule has 1 saturated carbocycles. The maximum atomic E-state index is 12.1. The molecular formula is C13H20N2O. The minimum absolute atomic E-state index is 0.270. The molecule has 1 aromatic heterocycles. The van der Waals surface area contributed by atoms with Crippen LogP contribution in [0, 0.1) is 5.92 Å². The van der Waals surface area contributed by atoms with Crippen molar-refractivity contribution >= 4 is 5.78 Å². The van der Waals surface area contributed by atoms with E-state index < -0.39 is 0 Å². The number of aryl methyl sites for hydroxylation is 1. The summed E-state index contributed by atoms with van der Waals surface area (Å²) in [5.41, 5.74) is 0.785. The Hall–Kier alpha value is -1.12. The molecule has 1 aliphatic carbocycles. The van der Waals surface area contributed by atoms with Crippen LogP contribution in [0.25, 0.3) is 0 Å². The Morgan fingerprint density at radius 3 is 2.88 bits per heavy atom. The van der Waals surface area contributed by atoms with Gasteiger partial charge in [-0.05, 0) is 18.9 Å². The normalized spacial score (nSPS) is 17.6. The fourth-order valence-electron chi connectivity index (χ4n) is 2.58. The second-order valence-electron chi connectivity index (χ2n) is 4.66. The third-order valence-corrected chi connectivity index (χ3v) is 3.50. The maximum absolute atomic E-state index is 12.1. The highest BCUT2D eigenvalue weighted by Crippen LogP contribution is 2.27. The Kier molecular flexibility index (Phi) is 3.75. The van der Waals surface area contributed by atoms with Crippen LogP contribution in [-0.4, -0.2) is 15.6 Å². The summed E-state index contributed by atoms with van der Waals surface area (Å²) in [5, 5.41) is 4.14. The van der Waals surface area contributed by atoms with Crippen LogP contribution < -0.4 is 0 Å². The molecule has 0 radical (unpaired) electrons. The van der Waals surface area contributed by atoms with Crippen LogP contribution in [-0.2, 0) is 6.54 Å². The summed E-state index contributed by atoms with van der Waals surface area (Å²) in [6.07, 6.45) is 8.83. The summed E-state index contributed by atoms with van der Waals surface area (Å²) >= 11 is 0. The van der Waals surface area contributed by atoms with Gasteiger partial charge in [-0.2, -0.15) is 5.10 Å². The van der Waals surface area contributed by atoms with Crippen molar-refractivity contribution in [3.05, 3.63) is 18.0 Å². The number of aromatic nitrogens is 2. The first kappa shape index (κ1) is 11.4. The van der Waals surface area contributed by atoms with Gasteiger partial charge in [0.15, 0.2) is 5.78 Å². The van der Waals surface area contributed by atoms with Crippen molar-refractivity contribution in [3.8, 4) is 0 Å². The van der Waals surface area contributed by atoms with E-state index in [-0.39, 0.29) is 5.78 Å². The molecule has 2 rings (SSSR count). The molecule has 1 heterocycles. The highest BCUT2D eigenvalue weighted by molar-refractivity contribution is 5.94. The summed E-state index contributed by atoms with van der Waals surface area (Å²) in [4.78, 5) is 12.1. The van der Waals surface area contributed by atoms with Gasteiger partial charge in [-0.25, -0.2) is 0 Å². The number of hydrogen-bond acceptors (Lipinski definition) is 2. The molecule has 0 aliphatic heterocycles. The molecule has 0 saturated heterocycles. The van der Waals surface area contributed by atoms with Crippen molar-refractivity contribution in [2.24, 2.45) is 5.92 Å². The predicted octanol–water partition coefficient (Wildman–Crippen LogP) is 3.06. The van der Waals surface area contributed by atoms with Crippen LogP contribution in [0.3, 0.4) is 0 Å². The molecular weight excluding hydrogens is 200 g/mol. The zero-order valence-electron chi connectivity index (χ0n) is 9.98. The predicted molar refractivity (Wildman–Crippen MR) is 63.4 cm³/mol. The van der Waals surface area contributed by atoms with Crippen LogP contribution in [0.4, 0.5) is 0 Å². The Morgan fingerprint density at radius 1 is 1.44 bits per heavy atom. The Bertz CT molecular complexity index is 351. The van der Waals surface area contributed by atoms with Gasteiger partial charge in [-0.1, -0.05) is 32.1 Å². The molecule has 0 bridgehead atoms. The average Bonchev–Trinajstić information content (AvgIpc) is 2.78. The zero-order chi connectivity index (χ0) is 11.4. The summed E-state index contributed by atoms with van der Waals surface area (Å²) in [7, 11) is 0. The molecule has 0 atom stereocenters. The smallest absolute Gasteiger partial charge is 0.181 e. The van der Waals surface area contributed by atoms with E-state index in [1.807, 2.05) is 13.0 Å². The summed E-state index contributed by atoms with van der Waals surface area (Å²) in [6.45, 7) is 2.79. The number of hydrogen-bond donors (Lipinski definition) is 0. The van der Waals surface area contributed by atoms with Crippen LogP contribution in [0.15, 0.2) is 12.3 Å². The monoisotopic (exact) mass is 220 g/mol. The van der Waals surface area contributed by atoms with E-state index in [9.17, 15) is 4.79 Å². The van der Waals surface area contributed by atoms with E-state index in [1.165, 1.54) is 32.1 Å². The van der Waals surface area contributed by atoms with E-state index in [1.54, 1.807) is 10.9 Å². The van der Waals surface area contributed by atoms with Crippen molar-refractivity contribution in [1.82, 2.24) is 9.78 Å². The van der Waals surface area contributed by atoms with Crippen molar-refractivity contribution in [1.29, 1.82) is 0 Å². The third kappa shape index (κ3) is 2.52. The second kappa shape index (κ2) is 5.28. The summed E-state index contributed by atoms with van der Waals surface area (Å²) in [5.74, 6) is 0.882. The summed E-state index contributed by atoms with van der Waals surface area (Å²) in [6, 6.07) is 1.84. The highest BCUT2D eigenvalue weighted by atomic mass is 16.1. The molecule has 3 nitrogen and oxygen atoms in total. The molecule has 0 amide bonds. The van der Waals surface area contributed by atoms with Crippen LogP contribution >= 0.6 is 0 Å². The maximum Gasteiger partial charge on any atom is 0.181 e. The third-order valence-electron chi connectivity index (χ3n) is 3.50. The zero-order valence-corrected chi connectivity index (χ0v) is 9.98. The first-order valence-corrected chi connectivity index (χ1v) is 6.36. The van der Waals surface area contributed by atoms with Gasteiger partial charge in [0.2, 0.25) is 0 Å². The Labute approximate surface area is 96.8 Å². The fourth-order valence-corrected chi connectivity index (χ4v) is 2.58. The molecule has 1 aromatic rings. The SMILES string of the molecule is CCn1nccc1C(=O)CC1CCCCC1. The van der Waals surface area contributed by atoms with Gasteiger partial charge in [0.1, 0.15) is 5.69 Å². The first-order chi connectivity index (χ1) is 7.81. The molecule has 0 spiro atoms. The number of rotatable bonds is 4. The number of carbonyl (C=O) groups excluding carboxylic acids is 1. The van der Waals surface area contributed by atoms with E-state index in [4.69, 9.17) is 0 Å². The van der Waals surface area contributed by atoms with Gasteiger partial charge in [0.05, 0.1) is 0 Å². The van der Waals surface area contributed by atoms with Gasteiger partial charge in [0, 0.05) is 19.2 Å². The first-order valence-electron chi connectivity index (χ1n) is 6.36. The van der Waals surface area contributed by atoms with Gasteiger partial charge in [-0.15, -0.1) is 0 Å². The highest BCUT2D eigenvalue weighted by Gasteiger charge is 2.19. The number of nitrogens with zero attached hydrogens (tertiary/aromatic N) is 2. The number of ketones is 1. The molecule has 1 aliphatic rings. The van der Waals surface area contributed by atoms with E-state index >= 15 is 0 Å². The topological polar surface area (TPSA) is 34.9 Å². The molecule has 3 heteroatoms. The molecule has 88 valence electrons. The Balaban J connectivity index is 1.96. The molecule has 0 unspecified atom stereocenters. The largest absolute Gasteiger partial charge is 0.292 e. The van der Waals surface area contributed by atoms with Gasteiger partial charge < -0.3 is 0 Å². The summed E-state index contributed by atoms with van der Waals surface area (Å²) < 4.78 is 1.80. The molecule has 0 aromatic carbocycles. The minimum atomic E-state index is 0.270. The van der Waals surface area contributed by atoms with E-state index in [0.717, 1.165) is 12.2 Å². The van der Waals surface area contributed by atoms with Gasteiger partial charge in [-0.3, -0.25) is 9.48 Å². The van der Waals surface area contributed by atoms with Crippen molar-refractivity contribution in [2.75, 3.05) is 0 Å². The number of carbonyl (C=O) groups is 1. The number of Topliss-reactive ketones (excluding diaryl/α,β-unsaturated/α-hetero) is 1. The molecule has 1 fully saturated rings. The van der Waals surface area contributed by atoms with Crippen LogP contribution in [0.2, 0.25) is 0 Å². The fraction of sp³-hybridized carbons (Fsp3) is 0.692. The van der Waals surface area contributed by atoms with Crippen LogP contribution in [0.5, 0.6) is 0 Å². The lowest BCUT2D eigenvalue weighted by Crippen LogP contribution is -2.15. The average molecular weight is 220 g/mol. The van der Waals surface area contributed by atoms with Crippen molar-refractivity contribution < 1.29 is 4.79 Å². The lowest BCUT2D eigenvalue weighted by Gasteiger charge is -2.20. The van der Waals surface area contributed by atoms with Gasteiger partial charge >= 0.3 is 0 Å². The van der Waals surface area contributed by atoms with Crippen molar-refractivity contribution in [2.45, 2.75) is 52.0 Å². The van der Waals surface area contributed by atoms with Crippen molar-refractivity contribution in [3.63, 3.8) is 0 Å². The molecule has 0 N–H and O–H groups in total. The van der Waals surface area contributed by atoms with Gasteiger partial charge in [0.25, 0.3) is 0 Å². The minimum Gasteiger partial charge on any atom is -0.292 e.